The Labute approximate surface area is 94.9 Å². The number of hydrogen-bond acceptors (Lipinski definition) is 5. The van der Waals surface area contributed by atoms with Gasteiger partial charge in [0.1, 0.15) is 11.3 Å². The molecule has 2 rings (SSSR count). The average molecular weight is 226 g/mol. The number of nitrogens with two attached hydrogens (primary N) is 1. The Hall–Kier alpha value is -1.07. The van der Waals surface area contributed by atoms with Crippen molar-refractivity contribution >= 4 is 5.88 Å². The Morgan fingerprint density at radius 1 is 1.50 bits per heavy atom. The summed E-state index contributed by atoms with van der Waals surface area (Å²) in [5.74, 6) is 0.302. The highest BCUT2D eigenvalue weighted by molar-refractivity contribution is 5.27. The molecule has 1 fully saturated rings. The monoisotopic (exact) mass is 226 g/mol. The summed E-state index contributed by atoms with van der Waals surface area (Å²) < 4.78 is 16.3. The zero-order chi connectivity index (χ0) is 11.6. The average Bonchev–Trinajstić information content (AvgIpc) is 2.66. The van der Waals surface area contributed by atoms with Crippen LogP contribution in [-0.2, 0) is 15.1 Å². The van der Waals surface area contributed by atoms with Crippen LogP contribution in [0.2, 0.25) is 0 Å². The van der Waals surface area contributed by atoms with E-state index in [-0.39, 0.29) is 6.29 Å². The van der Waals surface area contributed by atoms with E-state index in [4.69, 9.17) is 19.7 Å². The van der Waals surface area contributed by atoms with Crippen LogP contribution < -0.4 is 5.73 Å². The first kappa shape index (κ1) is 11.4. The molecule has 1 saturated heterocycles. The van der Waals surface area contributed by atoms with Crippen LogP contribution in [0.5, 0.6) is 0 Å². The maximum atomic E-state index is 5.88. The fourth-order valence-corrected chi connectivity index (χ4v) is 1.77. The van der Waals surface area contributed by atoms with E-state index in [1.54, 1.807) is 6.07 Å². The second-order valence-electron chi connectivity index (χ2n) is 4.54. The van der Waals surface area contributed by atoms with Gasteiger partial charge in [0.2, 0.25) is 5.88 Å². The van der Waals surface area contributed by atoms with E-state index in [0.717, 1.165) is 25.9 Å². The van der Waals surface area contributed by atoms with E-state index in [1.807, 2.05) is 13.8 Å². The van der Waals surface area contributed by atoms with Gasteiger partial charge in [0.05, 0.1) is 0 Å². The van der Waals surface area contributed by atoms with Gasteiger partial charge in [0.25, 0.3) is 0 Å². The fourth-order valence-electron chi connectivity index (χ4n) is 1.77. The van der Waals surface area contributed by atoms with E-state index < -0.39 is 5.60 Å². The topological polar surface area (TPSA) is 70.5 Å². The van der Waals surface area contributed by atoms with E-state index in [9.17, 15) is 0 Å². The summed E-state index contributed by atoms with van der Waals surface area (Å²) in [5.41, 5.74) is 5.65. The van der Waals surface area contributed by atoms with Gasteiger partial charge in [0.15, 0.2) is 6.29 Å². The Balaban J connectivity index is 2.01. The molecule has 0 amide bonds. The lowest BCUT2D eigenvalue weighted by molar-refractivity contribution is -0.220. The van der Waals surface area contributed by atoms with Gasteiger partial charge in [0, 0.05) is 12.7 Å². The zero-order valence-electron chi connectivity index (χ0n) is 9.73. The van der Waals surface area contributed by atoms with E-state index in [2.05, 4.69) is 5.16 Å². The minimum absolute atomic E-state index is 0.151. The lowest BCUT2D eigenvalue weighted by Crippen LogP contribution is -2.32. The number of ether oxygens (including phenoxy) is 2. The molecule has 0 radical (unpaired) electrons. The molecule has 1 aliphatic rings. The van der Waals surface area contributed by atoms with Crippen molar-refractivity contribution < 1.29 is 14.0 Å². The number of nitrogens with zero attached hydrogens (tertiary/aromatic N) is 1. The van der Waals surface area contributed by atoms with Gasteiger partial charge >= 0.3 is 0 Å². The van der Waals surface area contributed by atoms with Gasteiger partial charge in [-0.15, -0.1) is 0 Å². The molecule has 1 atom stereocenters. The second kappa shape index (κ2) is 4.43. The highest BCUT2D eigenvalue weighted by atomic mass is 16.7. The zero-order valence-corrected chi connectivity index (χ0v) is 9.73. The van der Waals surface area contributed by atoms with E-state index in [1.165, 1.54) is 0 Å². The number of hydrogen-bond donors (Lipinski definition) is 1. The lowest BCUT2D eigenvalue weighted by atomic mass is 10.1. The molecule has 0 aliphatic carbocycles. The van der Waals surface area contributed by atoms with Crippen molar-refractivity contribution in [3.63, 3.8) is 0 Å². The maximum Gasteiger partial charge on any atom is 0.222 e. The Morgan fingerprint density at radius 2 is 2.31 bits per heavy atom. The van der Waals surface area contributed by atoms with Gasteiger partial charge < -0.3 is 19.7 Å². The molecule has 2 heterocycles. The van der Waals surface area contributed by atoms with Crippen LogP contribution >= 0.6 is 0 Å². The van der Waals surface area contributed by atoms with Crippen molar-refractivity contribution in [2.45, 2.75) is 45.0 Å². The standard InChI is InChI=1S/C11H18N2O3/c1-11(2,8-7-9(12)16-13-8)15-10-5-3-4-6-14-10/h7,10H,3-6,12H2,1-2H3. The first-order valence-corrected chi connectivity index (χ1v) is 5.60. The lowest BCUT2D eigenvalue weighted by Gasteiger charge is -2.31. The van der Waals surface area contributed by atoms with Gasteiger partial charge in [-0.25, -0.2) is 0 Å². The molecule has 0 bridgehead atoms. The van der Waals surface area contributed by atoms with Crippen LogP contribution in [0.25, 0.3) is 0 Å². The Kier molecular flexibility index (Phi) is 3.16. The SMILES string of the molecule is CC(C)(OC1CCCCO1)c1cc(N)on1. The summed E-state index contributed by atoms with van der Waals surface area (Å²) in [5, 5.41) is 3.87. The van der Waals surface area contributed by atoms with Crippen LogP contribution in [0.15, 0.2) is 10.6 Å². The van der Waals surface area contributed by atoms with Crippen LogP contribution in [-0.4, -0.2) is 18.1 Å². The molecule has 90 valence electrons. The third-order valence-corrected chi connectivity index (χ3v) is 2.71. The van der Waals surface area contributed by atoms with Gasteiger partial charge in [-0.1, -0.05) is 5.16 Å². The molecule has 1 unspecified atom stereocenters. The Bertz CT molecular complexity index is 343. The summed E-state index contributed by atoms with van der Waals surface area (Å²) in [6, 6.07) is 1.68. The molecule has 5 nitrogen and oxygen atoms in total. The van der Waals surface area contributed by atoms with Crippen molar-refractivity contribution in [1.29, 1.82) is 0 Å². The number of aromatic nitrogens is 1. The molecule has 1 aliphatic heterocycles. The molecule has 0 saturated carbocycles. The molecule has 1 aromatic rings. The van der Waals surface area contributed by atoms with Crippen LogP contribution in [0.4, 0.5) is 5.88 Å². The van der Waals surface area contributed by atoms with Crippen molar-refractivity contribution in [1.82, 2.24) is 5.16 Å². The summed E-state index contributed by atoms with van der Waals surface area (Å²) >= 11 is 0. The molecule has 2 N–H and O–H groups in total. The van der Waals surface area contributed by atoms with E-state index >= 15 is 0 Å². The van der Waals surface area contributed by atoms with Crippen molar-refractivity contribution in [2.24, 2.45) is 0 Å². The minimum Gasteiger partial charge on any atom is -0.368 e. The summed E-state index contributed by atoms with van der Waals surface area (Å²) in [6.45, 7) is 4.63. The first-order valence-electron chi connectivity index (χ1n) is 5.60. The van der Waals surface area contributed by atoms with Crippen molar-refractivity contribution in [3.05, 3.63) is 11.8 Å². The van der Waals surface area contributed by atoms with E-state index in [0.29, 0.717) is 11.6 Å². The van der Waals surface area contributed by atoms with Crippen molar-refractivity contribution in [2.75, 3.05) is 12.3 Å². The molecular weight excluding hydrogens is 208 g/mol. The maximum absolute atomic E-state index is 5.88. The van der Waals surface area contributed by atoms with Crippen molar-refractivity contribution in [3.8, 4) is 0 Å². The first-order chi connectivity index (χ1) is 7.58. The molecule has 0 spiro atoms. The number of anilines is 1. The van der Waals surface area contributed by atoms with Crippen LogP contribution in [0.1, 0.15) is 38.8 Å². The van der Waals surface area contributed by atoms with Crippen LogP contribution in [0.3, 0.4) is 0 Å². The predicted molar refractivity (Wildman–Crippen MR) is 58.6 cm³/mol. The summed E-state index contributed by atoms with van der Waals surface area (Å²) in [4.78, 5) is 0. The van der Waals surface area contributed by atoms with Gasteiger partial charge in [-0.3, -0.25) is 0 Å². The third-order valence-electron chi connectivity index (χ3n) is 2.71. The summed E-state index contributed by atoms with van der Waals surface area (Å²) in [7, 11) is 0. The fraction of sp³-hybridized carbons (Fsp3) is 0.727. The quantitative estimate of drug-likeness (QED) is 0.853. The highest BCUT2D eigenvalue weighted by Gasteiger charge is 2.30. The van der Waals surface area contributed by atoms with Crippen LogP contribution in [0, 0.1) is 0 Å². The molecule has 1 aromatic heterocycles. The van der Waals surface area contributed by atoms with Gasteiger partial charge in [-0.05, 0) is 33.1 Å². The predicted octanol–water partition coefficient (Wildman–Crippen LogP) is 2.04. The number of rotatable bonds is 3. The highest BCUT2D eigenvalue weighted by Crippen LogP contribution is 2.29. The molecule has 16 heavy (non-hydrogen) atoms. The second-order valence-corrected chi connectivity index (χ2v) is 4.54. The van der Waals surface area contributed by atoms with Gasteiger partial charge in [-0.2, -0.15) is 0 Å². The number of nitrogen functional groups attached to an aromatic ring is 1. The molecule has 0 aromatic carbocycles. The largest absolute Gasteiger partial charge is 0.368 e. The normalized spacial score (nSPS) is 22.2. The smallest absolute Gasteiger partial charge is 0.222 e. The summed E-state index contributed by atoms with van der Waals surface area (Å²) in [6.07, 6.45) is 3.03. The minimum atomic E-state index is -0.539. The molecule has 5 heteroatoms. The third kappa shape index (κ3) is 2.54. The Morgan fingerprint density at radius 3 is 2.88 bits per heavy atom. The molecular formula is C11H18N2O3.